The molecule has 0 saturated heterocycles. The fraction of sp³-hybridized carbons (Fsp3) is 0.192. The number of benzene rings is 3. The first kappa shape index (κ1) is 18.2. The predicted molar refractivity (Wildman–Crippen MR) is 116 cm³/mol. The average molecular weight is 368 g/mol. The lowest BCUT2D eigenvalue weighted by Gasteiger charge is -2.26. The summed E-state index contributed by atoms with van der Waals surface area (Å²) in [7, 11) is 0. The van der Waals surface area contributed by atoms with Crippen molar-refractivity contribution in [1.29, 1.82) is 0 Å². The molecule has 0 heterocycles. The molecule has 28 heavy (non-hydrogen) atoms. The highest BCUT2D eigenvalue weighted by molar-refractivity contribution is 5.94. The van der Waals surface area contributed by atoms with Gasteiger partial charge >= 0.3 is 5.97 Å². The van der Waals surface area contributed by atoms with Crippen molar-refractivity contribution in [2.45, 2.75) is 26.2 Å². The number of hydrogen-bond donors (Lipinski definition) is 0. The van der Waals surface area contributed by atoms with E-state index in [0.29, 0.717) is 12.2 Å². The molecule has 0 bridgehead atoms. The smallest absolute Gasteiger partial charge is 0.338 e. The summed E-state index contributed by atoms with van der Waals surface area (Å²) in [5, 5.41) is 2.51. The summed E-state index contributed by atoms with van der Waals surface area (Å²) in [5.41, 5.74) is 7.02. The average Bonchev–Trinajstić information content (AvgIpc) is 2.71. The molecule has 3 aromatic rings. The van der Waals surface area contributed by atoms with E-state index in [9.17, 15) is 4.79 Å². The Kier molecular flexibility index (Phi) is 5.12. The second-order valence-electron chi connectivity index (χ2n) is 7.19. The lowest BCUT2D eigenvalue weighted by Crippen LogP contribution is -2.06. The third-order valence-corrected chi connectivity index (χ3v) is 5.45. The maximum absolute atomic E-state index is 11.8. The zero-order valence-corrected chi connectivity index (χ0v) is 16.2. The molecule has 0 aliphatic heterocycles. The van der Waals surface area contributed by atoms with Crippen LogP contribution in [0.25, 0.3) is 21.9 Å². The molecule has 2 heteroatoms. The summed E-state index contributed by atoms with van der Waals surface area (Å²) in [6, 6.07) is 22.6. The van der Waals surface area contributed by atoms with Crippen LogP contribution in [-0.4, -0.2) is 12.6 Å². The highest BCUT2D eigenvalue weighted by Crippen LogP contribution is 2.41. The van der Waals surface area contributed by atoms with Crippen molar-refractivity contribution in [3.63, 3.8) is 0 Å². The number of esters is 1. The fourth-order valence-corrected chi connectivity index (χ4v) is 3.88. The Hall–Kier alpha value is -3.13. The summed E-state index contributed by atoms with van der Waals surface area (Å²) in [5.74, 6) is -0.263. The van der Waals surface area contributed by atoms with E-state index in [0.717, 1.165) is 24.8 Å². The number of carbonyl (C=O) groups is 1. The van der Waals surface area contributed by atoms with Crippen LogP contribution in [-0.2, 0) is 4.74 Å². The second kappa shape index (κ2) is 7.85. The standard InChI is InChI=1S/C26H24O2/c1-3-28-26(27)21-13-11-20(12-14-21)24-16-15-22(24)17-18(2)23-10-6-8-19-7-4-5-9-25(19)23/h4-14H,2-3,15-17H2,1H3. The molecule has 0 radical (unpaired) electrons. The third-order valence-electron chi connectivity index (χ3n) is 5.45. The van der Waals surface area contributed by atoms with Crippen LogP contribution in [0.15, 0.2) is 78.9 Å². The van der Waals surface area contributed by atoms with E-state index in [1.807, 2.05) is 31.2 Å². The largest absolute Gasteiger partial charge is 0.462 e. The van der Waals surface area contributed by atoms with E-state index >= 15 is 0 Å². The Morgan fingerprint density at radius 1 is 0.964 bits per heavy atom. The number of allylic oxidation sites excluding steroid dienone is 3. The van der Waals surface area contributed by atoms with Crippen LogP contribution >= 0.6 is 0 Å². The molecule has 3 aromatic carbocycles. The van der Waals surface area contributed by atoms with Gasteiger partial charge in [-0.25, -0.2) is 4.79 Å². The van der Waals surface area contributed by atoms with Crippen LogP contribution in [0.2, 0.25) is 0 Å². The molecule has 140 valence electrons. The zero-order valence-electron chi connectivity index (χ0n) is 16.2. The van der Waals surface area contributed by atoms with Crippen molar-refractivity contribution in [2.24, 2.45) is 0 Å². The highest BCUT2D eigenvalue weighted by Gasteiger charge is 2.20. The lowest BCUT2D eigenvalue weighted by molar-refractivity contribution is 0.0526. The minimum absolute atomic E-state index is 0.263. The molecular weight excluding hydrogens is 344 g/mol. The summed E-state index contributed by atoms with van der Waals surface area (Å²) < 4.78 is 5.06. The van der Waals surface area contributed by atoms with Crippen LogP contribution in [0.1, 0.15) is 47.7 Å². The van der Waals surface area contributed by atoms with Gasteiger partial charge < -0.3 is 4.74 Å². The summed E-state index contributed by atoms with van der Waals surface area (Å²) in [6.45, 7) is 6.60. The predicted octanol–water partition coefficient (Wildman–Crippen LogP) is 6.67. The number of hydrogen-bond acceptors (Lipinski definition) is 2. The monoisotopic (exact) mass is 368 g/mol. The van der Waals surface area contributed by atoms with Crippen molar-refractivity contribution >= 4 is 27.9 Å². The number of carbonyl (C=O) groups excluding carboxylic acids is 1. The van der Waals surface area contributed by atoms with Gasteiger partial charge in [-0.3, -0.25) is 0 Å². The first-order valence-corrected chi connectivity index (χ1v) is 9.81. The normalized spacial score (nSPS) is 13.3. The quantitative estimate of drug-likeness (QED) is 0.454. The SMILES string of the molecule is C=C(CC1=C(c2ccc(C(=O)OCC)cc2)CC1)c1cccc2ccccc12. The van der Waals surface area contributed by atoms with E-state index in [4.69, 9.17) is 4.74 Å². The number of rotatable bonds is 6. The molecule has 2 nitrogen and oxygen atoms in total. The second-order valence-corrected chi connectivity index (χ2v) is 7.19. The molecule has 0 unspecified atom stereocenters. The van der Waals surface area contributed by atoms with Gasteiger partial charge in [0.1, 0.15) is 0 Å². The minimum Gasteiger partial charge on any atom is -0.462 e. The molecule has 0 atom stereocenters. The molecule has 1 aliphatic carbocycles. The van der Waals surface area contributed by atoms with Gasteiger partial charge in [0.15, 0.2) is 0 Å². The maximum atomic E-state index is 11.8. The van der Waals surface area contributed by atoms with Crippen LogP contribution < -0.4 is 0 Å². The molecular formula is C26H24O2. The third kappa shape index (κ3) is 3.50. The van der Waals surface area contributed by atoms with E-state index in [1.54, 1.807) is 0 Å². The zero-order chi connectivity index (χ0) is 19.5. The van der Waals surface area contributed by atoms with Gasteiger partial charge in [-0.1, -0.05) is 66.7 Å². The molecule has 0 aromatic heterocycles. The molecule has 0 saturated carbocycles. The van der Waals surface area contributed by atoms with E-state index in [1.165, 1.54) is 33.0 Å². The first-order chi connectivity index (χ1) is 13.7. The van der Waals surface area contributed by atoms with Crippen LogP contribution in [0.5, 0.6) is 0 Å². The van der Waals surface area contributed by atoms with Gasteiger partial charge in [0.05, 0.1) is 12.2 Å². The van der Waals surface area contributed by atoms with Gasteiger partial charge in [0.25, 0.3) is 0 Å². The summed E-state index contributed by atoms with van der Waals surface area (Å²) in [4.78, 5) is 11.8. The van der Waals surface area contributed by atoms with E-state index < -0.39 is 0 Å². The lowest BCUT2D eigenvalue weighted by atomic mass is 9.79. The van der Waals surface area contributed by atoms with Crippen molar-refractivity contribution < 1.29 is 9.53 Å². The topological polar surface area (TPSA) is 26.3 Å². The van der Waals surface area contributed by atoms with Gasteiger partial charge in [0.2, 0.25) is 0 Å². The van der Waals surface area contributed by atoms with Crippen LogP contribution in [0, 0.1) is 0 Å². The Morgan fingerprint density at radius 2 is 1.71 bits per heavy atom. The minimum atomic E-state index is -0.263. The Balaban J connectivity index is 1.55. The summed E-state index contributed by atoms with van der Waals surface area (Å²) >= 11 is 0. The molecule has 0 spiro atoms. The van der Waals surface area contributed by atoms with Gasteiger partial charge in [-0.15, -0.1) is 0 Å². The van der Waals surface area contributed by atoms with Crippen LogP contribution in [0.4, 0.5) is 0 Å². The van der Waals surface area contributed by atoms with Gasteiger partial charge in [-0.2, -0.15) is 0 Å². The Morgan fingerprint density at radius 3 is 2.43 bits per heavy atom. The summed E-state index contributed by atoms with van der Waals surface area (Å²) in [6.07, 6.45) is 3.08. The van der Waals surface area contributed by atoms with E-state index in [-0.39, 0.29) is 5.97 Å². The molecule has 0 N–H and O–H groups in total. The molecule has 4 rings (SSSR count). The number of ether oxygens (including phenoxy) is 1. The van der Waals surface area contributed by atoms with Gasteiger partial charge in [-0.05, 0) is 71.4 Å². The molecule has 1 aliphatic rings. The molecule has 0 amide bonds. The first-order valence-electron chi connectivity index (χ1n) is 9.81. The van der Waals surface area contributed by atoms with Crippen molar-refractivity contribution in [3.8, 4) is 0 Å². The van der Waals surface area contributed by atoms with E-state index in [2.05, 4.69) is 49.0 Å². The van der Waals surface area contributed by atoms with Crippen LogP contribution in [0.3, 0.4) is 0 Å². The van der Waals surface area contributed by atoms with Crippen molar-refractivity contribution in [3.05, 3.63) is 95.6 Å². The Labute approximate surface area is 166 Å². The molecule has 0 fully saturated rings. The van der Waals surface area contributed by atoms with Crippen molar-refractivity contribution in [2.75, 3.05) is 6.61 Å². The Bertz CT molecular complexity index is 1070. The maximum Gasteiger partial charge on any atom is 0.338 e. The van der Waals surface area contributed by atoms with Gasteiger partial charge in [0, 0.05) is 0 Å². The highest BCUT2D eigenvalue weighted by atomic mass is 16.5. The fourth-order valence-electron chi connectivity index (χ4n) is 3.88. The van der Waals surface area contributed by atoms with Crippen molar-refractivity contribution in [1.82, 2.24) is 0 Å². The number of fused-ring (bicyclic) bond motifs is 1.